The summed E-state index contributed by atoms with van der Waals surface area (Å²) in [6, 6.07) is 4.56. The summed E-state index contributed by atoms with van der Waals surface area (Å²) in [7, 11) is 0. The van der Waals surface area contributed by atoms with Crippen molar-refractivity contribution in [2.24, 2.45) is 5.41 Å². The summed E-state index contributed by atoms with van der Waals surface area (Å²) < 4.78 is 10.5. The minimum Gasteiger partial charge on any atom is -0.465 e. The molecular weight excluding hydrogens is 327 g/mol. The Morgan fingerprint density at radius 3 is 2.27 bits per heavy atom. The van der Waals surface area contributed by atoms with E-state index in [2.05, 4.69) is 0 Å². The number of carbonyl (C=O) groups excluding carboxylic acids is 2. The summed E-state index contributed by atoms with van der Waals surface area (Å²) in [5.74, 6) is -1.11. The van der Waals surface area contributed by atoms with Crippen LogP contribution in [0, 0.1) is 5.41 Å². The molecule has 0 fully saturated rings. The van der Waals surface area contributed by atoms with Crippen LogP contribution >= 0.6 is 23.2 Å². The van der Waals surface area contributed by atoms with Crippen molar-refractivity contribution in [1.82, 2.24) is 0 Å². The van der Waals surface area contributed by atoms with Crippen molar-refractivity contribution in [2.45, 2.75) is 40.0 Å². The van der Waals surface area contributed by atoms with E-state index in [9.17, 15) is 9.59 Å². The van der Waals surface area contributed by atoms with Crippen LogP contribution in [0.15, 0.2) is 18.2 Å². The summed E-state index contributed by atoms with van der Waals surface area (Å²) >= 11 is 11.9. The van der Waals surface area contributed by atoms with Crippen LogP contribution in [0.2, 0.25) is 10.0 Å². The van der Waals surface area contributed by atoms with Gasteiger partial charge in [-0.2, -0.15) is 0 Å². The van der Waals surface area contributed by atoms with Crippen LogP contribution in [0.5, 0.6) is 5.75 Å². The molecule has 0 amide bonds. The van der Waals surface area contributed by atoms with Crippen molar-refractivity contribution in [3.8, 4) is 5.75 Å². The second kappa shape index (κ2) is 8.39. The average Bonchev–Trinajstić information content (AvgIpc) is 2.50. The van der Waals surface area contributed by atoms with E-state index in [-0.39, 0.29) is 30.2 Å². The van der Waals surface area contributed by atoms with Gasteiger partial charge in [-0.25, -0.2) is 0 Å². The number of ether oxygens (including phenoxy) is 2. The highest BCUT2D eigenvalue weighted by Crippen LogP contribution is 2.34. The molecule has 0 aliphatic heterocycles. The molecule has 0 saturated carbocycles. The fraction of sp³-hybridized carbons (Fsp3) is 0.500. The lowest BCUT2D eigenvalue weighted by atomic mass is 9.82. The lowest BCUT2D eigenvalue weighted by molar-refractivity contribution is -0.168. The van der Waals surface area contributed by atoms with Gasteiger partial charge in [-0.1, -0.05) is 44.0 Å². The molecule has 4 nitrogen and oxygen atoms in total. The molecule has 0 atom stereocenters. The molecule has 0 radical (unpaired) electrons. The number of benzene rings is 1. The Morgan fingerprint density at radius 1 is 1.09 bits per heavy atom. The maximum absolute atomic E-state index is 12.5. The molecule has 0 heterocycles. The Balaban J connectivity index is 3.03. The number of hydrogen-bond donors (Lipinski definition) is 0. The Hall–Kier alpha value is -1.26. The predicted octanol–water partition coefficient (Wildman–Crippen LogP) is 4.66. The van der Waals surface area contributed by atoms with E-state index in [1.807, 2.05) is 6.92 Å². The fourth-order valence-corrected chi connectivity index (χ4v) is 2.31. The third-order valence-corrected chi connectivity index (χ3v) is 4.07. The molecule has 0 aliphatic carbocycles. The molecular formula is C16H20Cl2O4. The van der Waals surface area contributed by atoms with E-state index >= 15 is 0 Å². The highest BCUT2D eigenvalue weighted by atomic mass is 35.5. The molecule has 122 valence electrons. The summed E-state index contributed by atoms with van der Waals surface area (Å²) in [5, 5.41) is 0.639. The number of halogens is 2. The number of esters is 2. The van der Waals surface area contributed by atoms with Gasteiger partial charge in [-0.3, -0.25) is 9.59 Å². The van der Waals surface area contributed by atoms with Crippen molar-refractivity contribution in [3.05, 3.63) is 28.2 Å². The lowest BCUT2D eigenvalue weighted by Gasteiger charge is -2.26. The van der Waals surface area contributed by atoms with E-state index in [0.29, 0.717) is 11.4 Å². The highest BCUT2D eigenvalue weighted by Gasteiger charge is 2.46. The second-order valence-corrected chi connectivity index (χ2v) is 5.73. The minimum atomic E-state index is -1.33. The Labute approximate surface area is 140 Å². The first-order valence-corrected chi connectivity index (χ1v) is 8.01. The molecule has 0 spiro atoms. The zero-order chi connectivity index (χ0) is 16.8. The van der Waals surface area contributed by atoms with Gasteiger partial charge < -0.3 is 9.47 Å². The van der Waals surface area contributed by atoms with Crippen LogP contribution in [0.4, 0.5) is 0 Å². The topological polar surface area (TPSA) is 52.6 Å². The highest BCUT2D eigenvalue weighted by molar-refractivity contribution is 6.34. The van der Waals surface area contributed by atoms with Crippen LogP contribution in [0.25, 0.3) is 0 Å². The molecule has 1 aromatic rings. The van der Waals surface area contributed by atoms with Crippen LogP contribution in [0.3, 0.4) is 0 Å². The van der Waals surface area contributed by atoms with Crippen LogP contribution in [-0.2, 0) is 14.3 Å². The predicted molar refractivity (Wildman–Crippen MR) is 86.4 cm³/mol. The zero-order valence-electron chi connectivity index (χ0n) is 12.9. The summed E-state index contributed by atoms with van der Waals surface area (Å²) in [6.07, 6.45) is 1.25. The Bertz CT molecular complexity index is 539. The second-order valence-electron chi connectivity index (χ2n) is 4.89. The smallest absolute Gasteiger partial charge is 0.328 e. The first-order valence-electron chi connectivity index (χ1n) is 7.25. The first kappa shape index (κ1) is 18.8. The third kappa shape index (κ3) is 4.14. The third-order valence-electron chi connectivity index (χ3n) is 3.52. The molecule has 0 saturated heterocycles. The molecule has 0 aliphatic rings. The van der Waals surface area contributed by atoms with Crippen LogP contribution in [0.1, 0.15) is 40.0 Å². The number of hydrogen-bond acceptors (Lipinski definition) is 4. The number of carbonyl (C=O) groups is 2. The largest absolute Gasteiger partial charge is 0.465 e. The zero-order valence-corrected chi connectivity index (χ0v) is 14.5. The molecule has 0 unspecified atom stereocenters. The van der Waals surface area contributed by atoms with Gasteiger partial charge in [0, 0.05) is 11.1 Å². The van der Waals surface area contributed by atoms with E-state index < -0.39 is 17.4 Å². The molecule has 22 heavy (non-hydrogen) atoms. The average molecular weight is 347 g/mol. The van der Waals surface area contributed by atoms with Gasteiger partial charge in [-0.05, 0) is 31.4 Å². The van der Waals surface area contributed by atoms with Crippen molar-refractivity contribution < 1.29 is 19.1 Å². The quantitative estimate of drug-likeness (QED) is 0.409. The van der Waals surface area contributed by atoms with Crippen molar-refractivity contribution >= 4 is 35.1 Å². The van der Waals surface area contributed by atoms with Gasteiger partial charge in [0.2, 0.25) is 0 Å². The first-order chi connectivity index (χ1) is 10.4. The van der Waals surface area contributed by atoms with Crippen LogP contribution < -0.4 is 4.74 Å². The lowest BCUT2D eigenvalue weighted by Crippen LogP contribution is -2.42. The van der Waals surface area contributed by atoms with Gasteiger partial charge in [0.05, 0.1) is 11.6 Å². The fourth-order valence-electron chi connectivity index (χ4n) is 2.00. The number of rotatable bonds is 7. The van der Waals surface area contributed by atoms with Crippen molar-refractivity contribution in [2.75, 3.05) is 6.61 Å². The molecule has 1 aromatic carbocycles. The maximum Gasteiger partial charge on any atom is 0.328 e. The summed E-state index contributed by atoms with van der Waals surface area (Å²) in [4.78, 5) is 24.8. The molecule has 6 heteroatoms. The Morgan fingerprint density at radius 2 is 1.73 bits per heavy atom. The van der Waals surface area contributed by atoms with Crippen LogP contribution in [-0.4, -0.2) is 18.5 Å². The molecule has 0 bridgehead atoms. The van der Waals surface area contributed by atoms with Crippen molar-refractivity contribution in [1.29, 1.82) is 0 Å². The van der Waals surface area contributed by atoms with Gasteiger partial charge in [0.1, 0.15) is 0 Å². The maximum atomic E-state index is 12.5. The monoisotopic (exact) mass is 346 g/mol. The van der Waals surface area contributed by atoms with E-state index in [4.69, 9.17) is 32.7 Å². The normalized spacial score (nSPS) is 11.1. The standard InChI is InChI=1S/C16H20Cl2O4/c1-4-9-21-14(19)16(5-2,6-3)15(20)22-13-10-11(17)7-8-12(13)18/h7-8,10H,4-6,9H2,1-3H3. The van der Waals surface area contributed by atoms with Gasteiger partial charge in [0.25, 0.3) is 0 Å². The minimum absolute atomic E-state index is 0.133. The van der Waals surface area contributed by atoms with Crippen molar-refractivity contribution in [3.63, 3.8) is 0 Å². The van der Waals surface area contributed by atoms with Gasteiger partial charge in [0.15, 0.2) is 11.2 Å². The summed E-state index contributed by atoms with van der Waals surface area (Å²) in [5.41, 5.74) is -1.33. The van der Waals surface area contributed by atoms with E-state index in [0.717, 1.165) is 0 Å². The van der Waals surface area contributed by atoms with E-state index in [1.165, 1.54) is 12.1 Å². The molecule has 0 N–H and O–H groups in total. The van der Waals surface area contributed by atoms with Gasteiger partial charge in [-0.15, -0.1) is 0 Å². The molecule has 1 rings (SSSR count). The van der Waals surface area contributed by atoms with Gasteiger partial charge >= 0.3 is 11.9 Å². The SMILES string of the molecule is CCCOC(=O)C(CC)(CC)C(=O)Oc1cc(Cl)ccc1Cl. The van der Waals surface area contributed by atoms with E-state index in [1.54, 1.807) is 19.9 Å². The Kier molecular flexibility index (Phi) is 7.17. The molecule has 0 aromatic heterocycles. The summed E-state index contributed by atoms with van der Waals surface area (Å²) in [6.45, 7) is 5.65.